The Morgan fingerprint density at radius 1 is 1.21 bits per heavy atom. The van der Waals surface area contributed by atoms with Crippen molar-refractivity contribution in [3.63, 3.8) is 0 Å². The summed E-state index contributed by atoms with van der Waals surface area (Å²) in [4.78, 5) is 17.7. The lowest BCUT2D eigenvalue weighted by molar-refractivity contribution is 0.0951. The summed E-state index contributed by atoms with van der Waals surface area (Å²) < 4.78 is 5.38. The highest BCUT2D eigenvalue weighted by atomic mass is 32.1. The molecule has 1 aromatic carbocycles. The number of nitrogens with one attached hydrogen (secondary N) is 1. The zero-order valence-electron chi connectivity index (χ0n) is 13.4. The van der Waals surface area contributed by atoms with Gasteiger partial charge in [0.05, 0.1) is 6.61 Å². The van der Waals surface area contributed by atoms with Crippen molar-refractivity contribution in [2.45, 2.75) is 13.5 Å². The van der Waals surface area contributed by atoms with Gasteiger partial charge in [0.25, 0.3) is 5.91 Å². The van der Waals surface area contributed by atoms with Gasteiger partial charge in [-0.2, -0.15) is 0 Å². The molecule has 0 aliphatic heterocycles. The number of benzene rings is 1. The van der Waals surface area contributed by atoms with Crippen molar-refractivity contribution in [2.24, 2.45) is 0 Å². The first-order valence-electron chi connectivity index (χ1n) is 7.75. The summed E-state index contributed by atoms with van der Waals surface area (Å²) in [6, 6.07) is 13.3. The number of ether oxygens (including phenoxy) is 1. The topological polar surface area (TPSA) is 51.2 Å². The quantitative estimate of drug-likeness (QED) is 0.735. The van der Waals surface area contributed by atoms with Crippen molar-refractivity contribution >= 4 is 17.2 Å². The van der Waals surface area contributed by atoms with E-state index in [1.165, 1.54) is 4.88 Å². The molecule has 1 amide bonds. The van der Waals surface area contributed by atoms with Gasteiger partial charge in [-0.05, 0) is 54.3 Å². The maximum absolute atomic E-state index is 12.2. The lowest BCUT2D eigenvalue weighted by Crippen LogP contribution is -2.22. The van der Waals surface area contributed by atoms with Gasteiger partial charge in [-0.3, -0.25) is 9.78 Å². The molecular formula is C19H18N2O2S. The second kappa shape index (κ2) is 7.75. The standard InChI is InChI=1S/C19H18N2O2S/c1-2-23-17-7-5-15(6-8-17)19(22)21-12-14-10-16(13-20-11-14)18-4-3-9-24-18/h3-11,13H,2,12H2,1H3,(H,21,22). The zero-order chi connectivity index (χ0) is 16.8. The molecule has 0 unspecified atom stereocenters. The number of pyridine rings is 1. The third kappa shape index (κ3) is 4.00. The third-order valence-electron chi connectivity index (χ3n) is 3.48. The van der Waals surface area contributed by atoms with Crippen molar-refractivity contribution in [3.8, 4) is 16.2 Å². The Kier molecular flexibility index (Phi) is 5.23. The van der Waals surface area contributed by atoms with Crippen LogP contribution in [0.5, 0.6) is 5.75 Å². The molecule has 24 heavy (non-hydrogen) atoms. The van der Waals surface area contributed by atoms with Gasteiger partial charge >= 0.3 is 0 Å². The first-order chi connectivity index (χ1) is 11.8. The molecular weight excluding hydrogens is 320 g/mol. The molecule has 2 heterocycles. The van der Waals surface area contributed by atoms with E-state index in [0.717, 1.165) is 16.9 Å². The van der Waals surface area contributed by atoms with Crippen LogP contribution in [0, 0.1) is 0 Å². The van der Waals surface area contributed by atoms with Crippen LogP contribution in [0.1, 0.15) is 22.8 Å². The molecule has 0 spiro atoms. The van der Waals surface area contributed by atoms with E-state index in [0.29, 0.717) is 18.7 Å². The normalized spacial score (nSPS) is 10.4. The van der Waals surface area contributed by atoms with Gasteiger partial charge in [-0.25, -0.2) is 0 Å². The van der Waals surface area contributed by atoms with Gasteiger partial charge in [-0.1, -0.05) is 6.07 Å². The van der Waals surface area contributed by atoms with Crippen molar-refractivity contribution < 1.29 is 9.53 Å². The van der Waals surface area contributed by atoms with E-state index in [2.05, 4.69) is 22.4 Å². The van der Waals surface area contributed by atoms with Gasteiger partial charge in [0.1, 0.15) is 5.75 Å². The maximum Gasteiger partial charge on any atom is 0.251 e. The Labute approximate surface area is 145 Å². The summed E-state index contributed by atoms with van der Waals surface area (Å²) in [5, 5.41) is 4.96. The second-order valence-electron chi connectivity index (χ2n) is 5.20. The number of hydrogen-bond acceptors (Lipinski definition) is 4. The summed E-state index contributed by atoms with van der Waals surface area (Å²) in [5.41, 5.74) is 2.65. The fourth-order valence-corrected chi connectivity index (χ4v) is 3.02. The largest absolute Gasteiger partial charge is 0.494 e. The number of thiophene rings is 1. The number of rotatable bonds is 6. The van der Waals surface area contributed by atoms with Crippen LogP contribution >= 0.6 is 11.3 Å². The highest BCUT2D eigenvalue weighted by Gasteiger charge is 2.07. The highest BCUT2D eigenvalue weighted by Crippen LogP contribution is 2.24. The molecule has 1 N–H and O–H groups in total. The summed E-state index contributed by atoms with van der Waals surface area (Å²) in [7, 11) is 0. The van der Waals surface area contributed by atoms with Gasteiger partial charge < -0.3 is 10.1 Å². The van der Waals surface area contributed by atoms with Crippen molar-refractivity contribution in [1.29, 1.82) is 0 Å². The zero-order valence-corrected chi connectivity index (χ0v) is 14.2. The molecule has 0 radical (unpaired) electrons. The van der Waals surface area contributed by atoms with E-state index in [1.807, 2.05) is 24.6 Å². The maximum atomic E-state index is 12.2. The molecule has 0 aliphatic carbocycles. The van der Waals surface area contributed by atoms with Gasteiger partial charge in [0, 0.05) is 34.9 Å². The average Bonchev–Trinajstić information content (AvgIpc) is 3.16. The number of nitrogens with zero attached hydrogens (tertiary/aromatic N) is 1. The number of carbonyl (C=O) groups excluding carboxylic acids is 1. The van der Waals surface area contributed by atoms with Crippen LogP contribution in [-0.4, -0.2) is 17.5 Å². The lowest BCUT2D eigenvalue weighted by Gasteiger charge is -2.07. The van der Waals surface area contributed by atoms with Crippen molar-refractivity contribution in [1.82, 2.24) is 10.3 Å². The van der Waals surface area contributed by atoms with E-state index in [9.17, 15) is 4.79 Å². The van der Waals surface area contributed by atoms with E-state index >= 15 is 0 Å². The van der Waals surface area contributed by atoms with Crippen LogP contribution < -0.4 is 10.1 Å². The van der Waals surface area contributed by atoms with E-state index in [-0.39, 0.29) is 5.91 Å². The molecule has 3 aromatic rings. The number of amides is 1. The second-order valence-corrected chi connectivity index (χ2v) is 6.15. The van der Waals surface area contributed by atoms with Crippen LogP contribution in [0.2, 0.25) is 0 Å². The Balaban J connectivity index is 1.63. The number of carbonyl (C=O) groups is 1. The molecule has 0 saturated carbocycles. The number of aromatic nitrogens is 1. The van der Waals surface area contributed by atoms with Crippen LogP contribution in [0.4, 0.5) is 0 Å². The van der Waals surface area contributed by atoms with Crippen LogP contribution in [-0.2, 0) is 6.54 Å². The monoisotopic (exact) mass is 338 g/mol. The molecule has 0 fully saturated rings. The molecule has 0 atom stereocenters. The molecule has 0 bridgehead atoms. The molecule has 5 heteroatoms. The minimum atomic E-state index is -0.112. The molecule has 3 rings (SSSR count). The molecule has 4 nitrogen and oxygen atoms in total. The first-order valence-corrected chi connectivity index (χ1v) is 8.63. The average molecular weight is 338 g/mol. The van der Waals surface area contributed by atoms with Gasteiger partial charge in [-0.15, -0.1) is 11.3 Å². The fraction of sp³-hybridized carbons (Fsp3) is 0.158. The van der Waals surface area contributed by atoms with Crippen LogP contribution in [0.3, 0.4) is 0 Å². The molecule has 0 saturated heterocycles. The van der Waals surface area contributed by atoms with Gasteiger partial charge in [0.2, 0.25) is 0 Å². The number of hydrogen-bond donors (Lipinski definition) is 1. The van der Waals surface area contributed by atoms with Crippen molar-refractivity contribution in [2.75, 3.05) is 6.61 Å². The Morgan fingerprint density at radius 3 is 2.75 bits per heavy atom. The summed E-state index contributed by atoms with van der Waals surface area (Å²) >= 11 is 1.67. The smallest absolute Gasteiger partial charge is 0.251 e. The van der Waals surface area contributed by atoms with E-state index in [1.54, 1.807) is 41.8 Å². The van der Waals surface area contributed by atoms with E-state index < -0.39 is 0 Å². The predicted molar refractivity (Wildman–Crippen MR) is 96.3 cm³/mol. The Morgan fingerprint density at radius 2 is 2.04 bits per heavy atom. The van der Waals surface area contributed by atoms with E-state index in [4.69, 9.17) is 4.74 Å². The third-order valence-corrected chi connectivity index (χ3v) is 4.40. The van der Waals surface area contributed by atoms with Crippen LogP contribution in [0.15, 0.2) is 60.2 Å². The minimum absolute atomic E-state index is 0.112. The SMILES string of the molecule is CCOc1ccc(C(=O)NCc2cncc(-c3cccs3)c2)cc1. The fourth-order valence-electron chi connectivity index (χ4n) is 2.32. The predicted octanol–water partition coefficient (Wildman–Crippen LogP) is 4.14. The Hall–Kier alpha value is -2.66. The first kappa shape index (κ1) is 16.2. The van der Waals surface area contributed by atoms with Gasteiger partial charge in [0.15, 0.2) is 0 Å². The Bertz CT molecular complexity index is 798. The van der Waals surface area contributed by atoms with Crippen LogP contribution in [0.25, 0.3) is 10.4 Å². The highest BCUT2D eigenvalue weighted by molar-refractivity contribution is 7.13. The molecule has 0 aliphatic rings. The molecule has 2 aromatic heterocycles. The summed E-state index contributed by atoms with van der Waals surface area (Å²) in [6.45, 7) is 2.98. The molecule has 122 valence electrons. The van der Waals surface area contributed by atoms with Crippen molar-refractivity contribution in [3.05, 3.63) is 71.4 Å². The summed E-state index contributed by atoms with van der Waals surface area (Å²) in [5.74, 6) is 0.654. The minimum Gasteiger partial charge on any atom is -0.494 e. The summed E-state index contributed by atoms with van der Waals surface area (Å²) in [6.07, 6.45) is 3.61. The lowest BCUT2D eigenvalue weighted by atomic mass is 10.1.